The molecule has 0 saturated heterocycles. The van der Waals surface area contributed by atoms with Crippen LogP contribution in [-0.2, 0) is 7.05 Å². The Balaban J connectivity index is 1.48. The van der Waals surface area contributed by atoms with Gasteiger partial charge < -0.3 is 4.42 Å². The first kappa shape index (κ1) is 24.4. The minimum Gasteiger partial charge on any atom is -0.463 e. The molecule has 6 rings (SSSR count). The van der Waals surface area contributed by atoms with Crippen LogP contribution in [0.1, 0.15) is 11.5 Å². The van der Waals surface area contributed by atoms with Crippen molar-refractivity contribution in [3.05, 3.63) is 135 Å². The summed E-state index contributed by atoms with van der Waals surface area (Å²) in [4.78, 5) is 18.9. The second-order valence-electron chi connectivity index (χ2n) is 8.94. The summed E-state index contributed by atoms with van der Waals surface area (Å²) in [7, 11) is 1.86. The first-order valence-electron chi connectivity index (χ1n) is 12.4. The van der Waals surface area contributed by atoms with Gasteiger partial charge in [-0.3, -0.25) is 9.48 Å². The number of rotatable bonds is 6. The summed E-state index contributed by atoms with van der Waals surface area (Å²) in [6, 6.07) is 31.8. The lowest BCUT2D eigenvalue weighted by Crippen LogP contribution is -2.19. The summed E-state index contributed by atoms with van der Waals surface area (Å²) in [5, 5.41) is 6.71. The molecule has 6 aromatic rings. The SMILES string of the molecule is Cc1c(N=c2scc(-c3ccc(-c4ccccc4)cc3)n2N=Cc2ccco2)c(=O)n(-c2ccccc2)n1C. The van der Waals surface area contributed by atoms with Gasteiger partial charge in [-0.2, -0.15) is 5.10 Å². The van der Waals surface area contributed by atoms with Crippen LogP contribution in [0.5, 0.6) is 0 Å². The van der Waals surface area contributed by atoms with Crippen molar-refractivity contribution < 1.29 is 4.42 Å². The van der Waals surface area contributed by atoms with Gasteiger partial charge in [-0.1, -0.05) is 72.8 Å². The van der Waals surface area contributed by atoms with E-state index in [0.29, 0.717) is 16.2 Å². The Morgan fingerprint density at radius 1 is 0.821 bits per heavy atom. The predicted octanol–water partition coefficient (Wildman–Crippen LogP) is 6.39. The molecule has 192 valence electrons. The van der Waals surface area contributed by atoms with Crippen molar-refractivity contribution in [2.75, 3.05) is 0 Å². The fourth-order valence-corrected chi connectivity index (χ4v) is 5.25. The molecule has 0 aliphatic carbocycles. The predicted molar refractivity (Wildman–Crippen MR) is 156 cm³/mol. The fourth-order valence-electron chi connectivity index (χ4n) is 4.41. The smallest absolute Gasteiger partial charge is 0.297 e. The zero-order chi connectivity index (χ0) is 26.8. The van der Waals surface area contributed by atoms with Crippen LogP contribution in [0.2, 0.25) is 0 Å². The summed E-state index contributed by atoms with van der Waals surface area (Å²) in [6.07, 6.45) is 3.25. The number of nitrogens with zero attached hydrogens (tertiary/aromatic N) is 5. The van der Waals surface area contributed by atoms with Gasteiger partial charge in [-0.25, -0.2) is 14.4 Å². The zero-order valence-electron chi connectivity index (χ0n) is 21.4. The molecule has 0 fully saturated rings. The lowest BCUT2D eigenvalue weighted by molar-refractivity contribution is 0.559. The highest BCUT2D eigenvalue weighted by atomic mass is 32.1. The summed E-state index contributed by atoms with van der Waals surface area (Å²) in [6.45, 7) is 1.90. The molecule has 0 N–H and O–H groups in total. The Hall–Kier alpha value is -4.95. The van der Waals surface area contributed by atoms with Crippen LogP contribution in [-0.4, -0.2) is 20.3 Å². The standard InChI is InChI=1S/C31H25N5O2S/c1-22-29(30(37)36(34(22)2)26-12-7-4-8-13-26)33-31-35(32-20-27-14-9-19-38-27)28(21-39-31)25-17-15-24(16-18-25)23-10-5-3-6-11-23/h3-21H,1-2H3. The third-order valence-corrected chi connectivity index (χ3v) is 7.36. The third-order valence-electron chi connectivity index (χ3n) is 6.55. The molecule has 7 nitrogen and oxygen atoms in total. The topological polar surface area (TPSA) is 69.7 Å². The highest BCUT2D eigenvalue weighted by Gasteiger charge is 2.17. The van der Waals surface area contributed by atoms with Crippen molar-refractivity contribution in [1.82, 2.24) is 14.0 Å². The van der Waals surface area contributed by atoms with E-state index in [1.165, 1.54) is 11.3 Å². The Labute approximate surface area is 228 Å². The molecule has 0 saturated carbocycles. The molecule has 0 aliphatic heterocycles. The van der Waals surface area contributed by atoms with Crippen LogP contribution in [0, 0.1) is 6.92 Å². The van der Waals surface area contributed by atoms with E-state index in [4.69, 9.17) is 14.5 Å². The summed E-state index contributed by atoms with van der Waals surface area (Å²) < 4.78 is 10.7. The van der Waals surface area contributed by atoms with Crippen molar-refractivity contribution in [2.45, 2.75) is 6.92 Å². The number of thiazole rings is 1. The molecule has 0 unspecified atom stereocenters. The second-order valence-corrected chi connectivity index (χ2v) is 9.78. The Kier molecular flexibility index (Phi) is 6.52. The van der Waals surface area contributed by atoms with E-state index in [9.17, 15) is 4.79 Å². The molecular formula is C31H25N5O2S. The maximum atomic E-state index is 13.5. The Morgan fingerprint density at radius 3 is 2.18 bits per heavy atom. The minimum absolute atomic E-state index is 0.190. The minimum atomic E-state index is -0.190. The average Bonchev–Trinajstić information content (AvgIpc) is 3.69. The molecule has 3 heterocycles. The zero-order valence-corrected chi connectivity index (χ0v) is 22.2. The van der Waals surface area contributed by atoms with Crippen molar-refractivity contribution in [3.63, 3.8) is 0 Å². The van der Waals surface area contributed by atoms with E-state index in [-0.39, 0.29) is 5.56 Å². The number of aromatic nitrogens is 3. The monoisotopic (exact) mass is 531 g/mol. The van der Waals surface area contributed by atoms with Gasteiger partial charge in [-0.05, 0) is 42.3 Å². The molecule has 39 heavy (non-hydrogen) atoms. The van der Waals surface area contributed by atoms with Gasteiger partial charge in [0.25, 0.3) is 5.56 Å². The van der Waals surface area contributed by atoms with Gasteiger partial charge in [0.2, 0.25) is 4.80 Å². The number of furan rings is 1. The van der Waals surface area contributed by atoms with E-state index in [1.54, 1.807) is 21.8 Å². The molecule has 8 heteroatoms. The van der Waals surface area contributed by atoms with Gasteiger partial charge in [-0.15, -0.1) is 11.3 Å². The van der Waals surface area contributed by atoms with Crippen LogP contribution in [0.15, 0.2) is 128 Å². The first-order chi connectivity index (χ1) is 19.1. The molecule has 0 spiro atoms. The summed E-state index contributed by atoms with van der Waals surface area (Å²) >= 11 is 1.43. The normalized spacial score (nSPS) is 12.0. The van der Waals surface area contributed by atoms with Crippen molar-refractivity contribution in [3.8, 4) is 28.1 Å². The fraction of sp³-hybridized carbons (Fsp3) is 0.0645. The van der Waals surface area contributed by atoms with Gasteiger partial charge in [0, 0.05) is 18.0 Å². The maximum absolute atomic E-state index is 13.5. The number of hydrogen-bond donors (Lipinski definition) is 0. The third kappa shape index (κ3) is 4.73. The van der Waals surface area contributed by atoms with Crippen LogP contribution >= 0.6 is 11.3 Å². The number of para-hydroxylation sites is 1. The van der Waals surface area contributed by atoms with Crippen molar-refractivity contribution in [1.29, 1.82) is 0 Å². The van der Waals surface area contributed by atoms with Crippen LogP contribution in [0.3, 0.4) is 0 Å². The lowest BCUT2D eigenvalue weighted by Gasteiger charge is -2.07. The number of hydrogen-bond acceptors (Lipinski definition) is 5. The van der Waals surface area contributed by atoms with Gasteiger partial charge in [0.15, 0.2) is 5.69 Å². The molecule has 0 radical (unpaired) electrons. The summed E-state index contributed by atoms with van der Waals surface area (Å²) in [5.74, 6) is 0.618. The molecule has 0 atom stereocenters. The Morgan fingerprint density at radius 2 is 1.49 bits per heavy atom. The Bertz CT molecular complexity index is 1870. The van der Waals surface area contributed by atoms with Crippen molar-refractivity contribution >= 4 is 23.2 Å². The molecular weight excluding hydrogens is 506 g/mol. The van der Waals surface area contributed by atoms with E-state index >= 15 is 0 Å². The summed E-state index contributed by atoms with van der Waals surface area (Å²) in [5.41, 5.74) is 5.85. The lowest BCUT2D eigenvalue weighted by atomic mass is 10.0. The highest BCUT2D eigenvalue weighted by molar-refractivity contribution is 7.07. The molecule has 3 aromatic heterocycles. The number of benzene rings is 3. The van der Waals surface area contributed by atoms with Crippen molar-refractivity contribution in [2.24, 2.45) is 17.1 Å². The molecule has 0 bridgehead atoms. The van der Waals surface area contributed by atoms with E-state index in [2.05, 4.69) is 36.4 Å². The van der Waals surface area contributed by atoms with Gasteiger partial charge >= 0.3 is 0 Å². The van der Waals surface area contributed by atoms with E-state index in [1.807, 2.05) is 84.7 Å². The maximum Gasteiger partial charge on any atom is 0.297 e. The molecule has 0 amide bonds. The average molecular weight is 532 g/mol. The molecule has 0 aliphatic rings. The van der Waals surface area contributed by atoms with Crippen LogP contribution in [0.25, 0.3) is 28.1 Å². The van der Waals surface area contributed by atoms with E-state index in [0.717, 1.165) is 33.8 Å². The van der Waals surface area contributed by atoms with E-state index < -0.39 is 0 Å². The van der Waals surface area contributed by atoms with Crippen LogP contribution in [0.4, 0.5) is 5.69 Å². The van der Waals surface area contributed by atoms with Gasteiger partial charge in [0.1, 0.15) is 5.76 Å². The van der Waals surface area contributed by atoms with Gasteiger partial charge in [0.05, 0.1) is 29.6 Å². The quantitative estimate of drug-likeness (QED) is 0.234. The molecule has 3 aromatic carbocycles. The highest BCUT2D eigenvalue weighted by Crippen LogP contribution is 2.26. The largest absolute Gasteiger partial charge is 0.463 e. The first-order valence-corrected chi connectivity index (χ1v) is 13.3. The second kappa shape index (κ2) is 10.4. The van der Waals surface area contributed by atoms with Crippen LogP contribution < -0.4 is 10.4 Å².